The van der Waals surface area contributed by atoms with E-state index in [9.17, 15) is 4.79 Å². The predicted octanol–water partition coefficient (Wildman–Crippen LogP) is 1.33. The zero-order valence-corrected chi connectivity index (χ0v) is 12.4. The quantitative estimate of drug-likeness (QED) is 0.670. The van der Waals surface area contributed by atoms with Crippen LogP contribution in [-0.4, -0.2) is 38.8 Å². The van der Waals surface area contributed by atoms with Crippen LogP contribution in [0.3, 0.4) is 0 Å². The number of hydrogen-bond donors (Lipinski definition) is 2. The molecular weight excluding hydrogens is 256 g/mol. The first-order valence-electron chi connectivity index (χ1n) is 6.83. The van der Waals surface area contributed by atoms with Gasteiger partial charge in [0, 0.05) is 20.2 Å². The Bertz CT molecular complexity index is 391. The monoisotopic (exact) mass is 280 g/mol. The average Bonchev–Trinajstić information content (AvgIpc) is 2.40. The van der Waals surface area contributed by atoms with E-state index in [1.165, 1.54) is 0 Å². The Hall–Kier alpha value is -1.59. The van der Waals surface area contributed by atoms with Crippen molar-refractivity contribution in [2.45, 2.75) is 26.5 Å². The van der Waals surface area contributed by atoms with Crippen LogP contribution in [0.25, 0.3) is 0 Å². The van der Waals surface area contributed by atoms with Crippen LogP contribution in [0.4, 0.5) is 0 Å². The first-order chi connectivity index (χ1) is 9.61. The van der Waals surface area contributed by atoms with E-state index in [4.69, 9.17) is 9.47 Å². The maximum Gasteiger partial charge on any atom is 0.234 e. The molecular formula is C15H24N2O3. The lowest BCUT2D eigenvalue weighted by atomic mass is 10.2. The summed E-state index contributed by atoms with van der Waals surface area (Å²) in [5, 5.41) is 5.85. The molecule has 0 unspecified atom stereocenters. The summed E-state index contributed by atoms with van der Waals surface area (Å²) in [6.07, 6.45) is 0.176. The van der Waals surface area contributed by atoms with Crippen LogP contribution in [0, 0.1) is 0 Å². The lowest BCUT2D eigenvalue weighted by Gasteiger charge is -2.10. The molecule has 0 aliphatic heterocycles. The van der Waals surface area contributed by atoms with E-state index in [1.807, 2.05) is 38.1 Å². The van der Waals surface area contributed by atoms with Gasteiger partial charge in [0.2, 0.25) is 5.91 Å². The molecule has 0 aromatic heterocycles. The van der Waals surface area contributed by atoms with Gasteiger partial charge in [0.05, 0.1) is 19.3 Å². The van der Waals surface area contributed by atoms with Crippen molar-refractivity contribution in [3.63, 3.8) is 0 Å². The van der Waals surface area contributed by atoms with Gasteiger partial charge in [-0.1, -0.05) is 12.1 Å². The second-order valence-corrected chi connectivity index (χ2v) is 4.76. The number of ether oxygens (including phenoxy) is 2. The molecule has 0 atom stereocenters. The zero-order valence-electron chi connectivity index (χ0n) is 12.4. The molecule has 2 N–H and O–H groups in total. The van der Waals surface area contributed by atoms with Gasteiger partial charge in [0.25, 0.3) is 0 Å². The summed E-state index contributed by atoms with van der Waals surface area (Å²) in [5.41, 5.74) is 1.12. The maximum absolute atomic E-state index is 11.4. The first kappa shape index (κ1) is 16.5. The standard InChI is InChI=1S/C15H24N2O3/c1-12(2)20-14-6-4-13(5-7-14)10-16-11-15(18)17-8-9-19-3/h4-7,12,16H,8-11H2,1-3H3,(H,17,18). The van der Waals surface area contributed by atoms with Gasteiger partial charge in [-0.15, -0.1) is 0 Å². The van der Waals surface area contributed by atoms with Gasteiger partial charge >= 0.3 is 0 Å². The van der Waals surface area contributed by atoms with Crippen molar-refractivity contribution in [3.05, 3.63) is 29.8 Å². The highest BCUT2D eigenvalue weighted by Gasteiger charge is 2.01. The normalized spacial score (nSPS) is 10.6. The van der Waals surface area contributed by atoms with E-state index in [2.05, 4.69) is 10.6 Å². The van der Waals surface area contributed by atoms with Crippen molar-refractivity contribution in [1.82, 2.24) is 10.6 Å². The third-order valence-electron chi connectivity index (χ3n) is 2.54. The smallest absolute Gasteiger partial charge is 0.234 e. The largest absolute Gasteiger partial charge is 0.491 e. The highest BCUT2D eigenvalue weighted by Crippen LogP contribution is 2.13. The van der Waals surface area contributed by atoms with Crippen molar-refractivity contribution in [2.75, 3.05) is 26.8 Å². The third kappa shape index (κ3) is 7.11. The molecule has 1 aromatic carbocycles. The Balaban J connectivity index is 2.23. The Morgan fingerprint density at radius 1 is 1.25 bits per heavy atom. The van der Waals surface area contributed by atoms with E-state index >= 15 is 0 Å². The molecule has 0 aliphatic rings. The van der Waals surface area contributed by atoms with Crippen molar-refractivity contribution in [2.24, 2.45) is 0 Å². The molecule has 5 nitrogen and oxygen atoms in total. The summed E-state index contributed by atoms with van der Waals surface area (Å²) in [5.74, 6) is 0.836. The molecule has 5 heteroatoms. The molecule has 0 bridgehead atoms. The number of methoxy groups -OCH3 is 1. The fraction of sp³-hybridized carbons (Fsp3) is 0.533. The van der Waals surface area contributed by atoms with Crippen molar-refractivity contribution < 1.29 is 14.3 Å². The number of amides is 1. The number of rotatable bonds is 9. The highest BCUT2D eigenvalue weighted by atomic mass is 16.5. The lowest BCUT2D eigenvalue weighted by molar-refractivity contribution is -0.120. The van der Waals surface area contributed by atoms with Crippen LogP contribution in [-0.2, 0) is 16.1 Å². The van der Waals surface area contributed by atoms with Gasteiger partial charge in [-0.2, -0.15) is 0 Å². The van der Waals surface area contributed by atoms with E-state index in [0.717, 1.165) is 11.3 Å². The Kier molecular flexibility index (Phi) is 7.69. The van der Waals surface area contributed by atoms with Crippen LogP contribution >= 0.6 is 0 Å². The number of carbonyl (C=O) groups excluding carboxylic acids is 1. The van der Waals surface area contributed by atoms with Gasteiger partial charge in [0.1, 0.15) is 5.75 Å². The van der Waals surface area contributed by atoms with Gasteiger partial charge in [-0.3, -0.25) is 4.79 Å². The second kappa shape index (κ2) is 9.34. The van der Waals surface area contributed by atoms with Crippen molar-refractivity contribution in [1.29, 1.82) is 0 Å². The van der Waals surface area contributed by atoms with Gasteiger partial charge in [0.15, 0.2) is 0 Å². The van der Waals surface area contributed by atoms with Gasteiger partial charge in [-0.25, -0.2) is 0 Å². The average molecular weight is 280 g/mol. The molecule has 0 saturated carbocycles. The molecule has 0 heterocycles. The first-order valence-corrected chi connectivity index (χ1v) is 6.83. The summed E-state index contributed by atoms with van der Waals surface area (Å²) in [4.78, 5) is 11.4. The van der Waals surface area contributed by atoms with Crippen molar-refractivity contribution >= 4 is 5.91 Å². The third-order valence-corrected chi connectivity index (χ3v) is 2.54. The summed E-state index contributed by atoms with van der Waals surface area (Å²) < 4.78 is 10.4. The van der Waals surface area contributed by atoms with Crippen LogP contribution in [0.1, 0.15) is 19.4 Å². The molecule has 1 amide bonds. The Morgan fingerprint density at radius 2 is 1.95 bits per heavy atom. The lowest BCUT2D eigenvalue weighted by Crippen LogP contribution is -2.35. The summed E-state index contributed by atoms with van der Waals surface area (Å²) in [7, 11) is 1.61. The molecule has 0 aliphatic carbocycles. The van der Waals surface area contributed by atoms with Crippen LogP contribution in [0.15, 0.2) is 24.3 Å². The zero-order chi connectivity index (χ0) is 14.8. The predicted molar refractivity (Wildman–Crippen MR) is 78.8 cm³/mol. The van der Waals surface area contributed by atoms with E-state index in [-0.39, 0.29) is 12.0 Å². The minimum atomic E-state index is -0.0261. The van der Waals surface area contributed by atoms with Gasteiger partial charge in [-0.05, 0) is 31.5 Å². The minimum Gasteiger partial charge on any atom is -0.491 e. The SMILES string of the molecule is COCCNC(=O)CNCc1ccc(OC(C)C)cc1. The fourth-order valence-corrected chi connectivity index (χ4v) is 1.63. The Labute approximate surface area is 120 Å². The minimum absolute atomic E-state index is 0.0261. The molecule has 1 rings (SSSR count). The molecule has 0 radical (unpaired) electrons. The molecule has 0 fully saturated rings. The fourth-order valence-electron chi connectivity index (χ4n) is 1.63. The number of carbonyl (C=O) groups is 1. The van der Waals surface area contributed by atoms with Crippen LogP contribution in [0.2, 0.25) is 0 Å². The second-order valence-electron chi connectivity index (χ2n) is 4.76. The van der Waals surface area contributed by atoms with E-state index in [0.29, 0.717) is 26.2 Å². The molecule has 0 saturated heterocycles. The van der Waals surface area contributed by atoms with Gasteiger partial charge < -0.3 is 20.1 Å². The molecule has 112 valence electrons. The molecule has 20 heavy (non-hydrogen) atoms. The highest BCUT2D eigenvalue weighted by molar-refractivity contribution is 5.77. The topological polar surface area (TPSA) is 59.6 Å². The number of benzene rings is 1. The summed E-state index contributed by atoms with van der Waals surface area (Å²) in [6, 6.07) is 7.87. The molecule has 1 aromatic rings. The maximum atomic E-state index is 11.4. The molecule has 0 spiro atoms. The number of hydrogen-bond acceptors (Lipinski definition) is 4. The Morgan fingerprint density at radius 3 is 2.55 bits per heavy atom. The number of nitrogens with one attached hydrogen (secondary N) is 2. The summed E-state index contributed by atoms with van der Waals surface area (Å²) >= 11 is 0. The van der Waals surface area contributed by atoms with Crippen LogP contribution in [0.5, 0.6) is 5.75 Å². The summed E-state index contributed by atoms with van der Waals surface area (Å²) in [6.45, 7) is 6.02. The van der Waals surface area contributed by atoms with E-state index in [1.54, 1.807) is 7.11 Å². The van der Waals surface area contributed by atoms with Crippen LogP contribution < -0.4 is 15.4 Å². The van der Waals surface area contributed by atoms with E-state index < -0.39 is 0 Å². The van der Waals surface area contributed by atoms with Crippen molar-refractivity contribution in [3.8, 4) is 5.75 Å².